The Kier molecular flexibility index (Phi) is 4.75. The number of aromatic nitrogens is 3. The number of carbonyl (C=O) groups excluding carboxylic acids is 1. The van der Waals surface area contributed by atoms with E-state index >= 15 is 0 Å². The van der Waals surface area contributed by atoms with Gasteiger partial charge >= 0.3 is 5.97 Å². The van der Waals surface area contributed by atoms with E-state index in [2.05, 4.69) is 15.4 Å². The molecule has 0 radical (unpaired) electrons. The predicted octanol–water partition coefficient (Wildman–Crippen LogP) is 2.67. The molecule has 1 aromatic heterocycles. The number of esters is 1. The molecule has 2 aromatic rings. The molecule has 0 aliphatic carbocycles. The van der Waals surface area contributed by atoms with Crippen molar-refractivity contribution in [1.82, 2.24) is 14.8 Å². The monoisotopic (exact) mass is 368 g/mol. The molecule has 0 saturated carbocycles. The van der Waals surface area contributed by atoms with Crippen molar-refractivity contribution >= 4 is 35.1 Å². The van der Waals surface area contributed by atoms with E-state index < -0.39 is 12.0 Å². The maximum atomic E-state index is 12.4. The van der Waals surface area contributed by atoms with Crippen molar-refractivity contribution in [3.8, 4) is 0 Å². The van der Waals surface area contributed by atoms with E-state index in [4.69, 9.17) is 32.7 Å². The molecule has 3 rings (SSSR count). The topological polar surface area (TPSA) is 78.3 Å². The minimum absolute atomic E-state index is 0.180. The third-order valence-electron chi connectivity index (χ3n) is 3.63. The lowest BCUT2D eigenvalue weighted by Gasteiger charge is -2.29. The summed E-state index contributed by atoms with van der Waals surface area (Å²) in [5, 5.41) is 8.16. The molecule has 0 amide bonds. The molecule has 9 heteroatoms. The van der Waals surface area contributed by atoms with Gasteiger partial charge in [0.15, 0.2) is 0 Å². The number of benzene rings is 1. The smallest absolute Gasteiger partial charge is 0.338 e. The number of hydrogen-bond donors (Lipinski definition) is 1. The fourth-order valence-corrected chi connectivity index (χ4v) is 3.14. The van der Waals surface area contributed by atoms with Gasteiger partial charge in [0, 0.05) is 22.7 Å². The zero-order valence-electron chi connectivity index (χ0n) is 12.9. The number of nitrogens with one attached hydrogen (secondary N) is 1. The van der Waals surface area contributed by atoms with Gasteiger partial charge in [-0.1, -0.05) is 29.3 Å². The van der Waals surface area contributed by atoms with Gasteiger partial charge < -0.3 is 14.8 Å². The molecular formula is C15H14Cl2N4O3. The van der Waals surface area contributed by atoms with Gasteiger partial charge in [0.05, 0.1) is 25.0 Å². The van der Waals surface area contributed by atoms with E-state index in [1.54, 1.807) is 22.9 Å². The third kappa shape index (κ3) is 2.86. The van der Waals surface area contributed by atoms with E-state index in [1.165, 1.54) is 20.5 Å². The van der Waals surface area contributed by atoms with E-state index in [9.17, 15) is 4.79 Å². The molecule has 0 bridgehead atoms. The van der Waals surface area contributed by atoms with Crippen molar-refractivity contribution in [3.05, 3.63) is 51.4 Å². The fourth-order valence-electron chi connectivity index (χ4n) is 2.63. The third-order valence-corrected chi connectivity index (χ3v) is 4.19. The van der Waals surface area contributed by atoms with Crippen molar-refractivity contribution in [2.24, 2.45) is 0 Å². The van der Waals surface area contributed by atoms with Gasteiger partial charge in [-0.2, -0.15) is 10.1 Å². The van der Waals surface area contributed by atoms with Crippen LogP contribution in [0.2, 0.25) is 10.0 Å². The first-order chi connectivity index (χ1) is 11.6. The van der Waals surface area contributed by atoms with Crippen molar-refractivity contribution in [2.45, 2.75) is 6.04 Å². The molecule has 2 heterocycles. The fraction of sp³-hybridized carbons (Fsp3) is 0.267. The molecule has 1 atom stereocenters. The summed E-state index contributed by atoms with van der Waals surface area (Å²) in [4.78, 5) is 16.6. The largest absolute Gasteiger partial charge is 0.466 e. The van der Waals surface area contributed by atoms with Crippen LogP contribution in [-0.4, -0.2) is 41.6 Å². The molecule has 1 aliphatic heterocycles. The summed E-state index contributed by atoms with van der Waals surface area (Å²) in [6.07, 6.45) is 1.39. The molecule has 1 aliphatic rings. The van der Waals surface area contributed by atoms with Gasteiger partial charge in [-0.25, -0.2) is 9.48 Å². The van der Waals surface area contributed by atoms with Gasteiger partial charge in [0.2, 0.25) is 5.95 Å². The Balaban J connectivity index is 2.23. The zero-order chi connectivity index (χ0) is 17.3. The summed E-state index contributed by atoms with van der Waals surface area (Å²) in [5.74, 6) is -0.0302. The highest BCUT2D eigenvalue weighted by Crippen LogP contribution is 2.38. The number of ether oxygens (including phenoxy) is 2. The van der Waals surface area contributed by atoms with E-state index in [0.717, 1.165) is 0 Å². The van der Waals surface area contributed by atoms with Gasteiger partial charge in [-0.15, -0.1) is 0 Å². The Morgan fingerprint density at radius 2 is 2.17 bits per heavy atom. The minimum atomic E-state index is -0.605. The number of carbonyl (C=O) groups is 1. The highest BCUT2D eigenvalue weighted by Gasteiger charge is 2.36. The first-order valence-corrected chi connectivity index (χ1v) is 7.74. The van der Waals surface area contributed by atoms with Crippen LogP contribution in [0.1, 0.15) is 11.6 Å². The van der Waals surface area contributed by atoms with Crippen LogP contribution in [0.3, 0.4) is 0 Å². The van der Waals surface area contributed by atoms with E-state index in [0.29, 0.717) is 32.8 Å². The Morgan fingerprint density at radius 1 is 1.38 bits per heavy atom. The molecular weight excluding hydrogens is 355 g/mol. The molecule has 0 saturated heterocycles. The second-order valence-electron chi connectivity index (χ2n) is 5.04. The van der Waals surface area contributed by atoms with Crippen LogP contribution in [0.4, 0.5) is 5.95 Å². The van der Waals surface area contributed by atoms with Gasteiger partial charge in [0.25, 0.3) is 0 Å². The lowest BCUT2D eigenvalue weighted by atomic mass is 9.95. The number of anilines is 1. The molecule has 126 valence electrons. The van der Waals surface area contributed by atoms with Crippen LogP contribution in [0, 0.1) is 0 Å². The van der Waals surface area contributed by atoms with E-state index in [1.807, 2.05) is 0 Å². The summed E-state index contributed by atoms with van der Waals surface area (Å²) >= 11 is 12.3. The number of nitrogens with zero attached hydrogens (tertiary/aromatic N) is 3. The van der Waals surface area contributed by atoms with Crippen molar-refractivity contribution < 1.29 is 14.3 Å². The first kappa shape index (κ1) is 16.8. The van der Waals surface area contributed by atoms with Gasteiger partial charge in [0.1, 0.15) is 12.4 Å². The predicted molar refractivity (Wildman–Crippen MR) is 89.2 cm³/mol. The summed E-state index contributed by atoms with van der Waals surface area (Å²) in [6.45, 7) is 0.180. The zero-order valence-corrected chi connectivity index (χ0v) is 14.4. The highest BCUT2D eigenvalue weighted by molar-refractivity contribution is 6.35. The molecule has 7 nitrogen and oxygen atoms in total. The lowest BCUT2D eigenvalue weighted by Crippen LogP contribution is -2.31. The van der Waals surface area contributed by atoms with Crippen molar-refractivity contribution in [2.75, 3.05) is 26.1 Å². The summed E-state index contributed by atoms with van der Waals surface area (Å²) in [6, 6.07) is 4.46. The quantitative estimate of drug-likeness (QED) is 0.835. The number of halogens is 2. The normalized spacial score (nSPS) is 16.6. The van der Waals surface area contributed by atoms with Crippen LogP contribution >= 0.6 is 23.2 Å². The SMILES string of the molecule is COCC1=C(C(=O)OC)C(c2ccc(Cl)cc2Cl)n2ncnc2N1. The second kappa shape index (κ2) is 6.80. The summed E-state index contributed by atoms with van der Waals surface area (Å²) < 4.78 is 11.7. The lowest BCUT2D eigenvalue weighted by molar-refractivity contribution is -0.136. The Bertz CT molecular complexity index is 819. The first-order valence-electron chi connectivity index (χ1n) is 6.98. The van der Waals surface area contributed by atoms with Gasteiger partial charge in [-0.3, -0.25) is 0 Å². The van der Waals surface area contributed by atoms with Crippen LogP contribution < -0.4 is 5.32 Å². The van der Waals surface area contributed by atoms with Crippen LogP contribution in [0.25, 0.3) is 0 Å². The Hall–Kier alpha value is -2.09. The molecule has 1 unspecified atom stereocenters. The average molecular weight is 369 g/mol. The molecule has 0 spiro atoms. The maximum absolute atomic E-state index is 12.4. The Labute approximate surface area is 148 Å². The summed E-state index contributed by atoms with van der Waals surface area (Å²) in [5.41, 5.74) is 1.55. The average Bonchev–Trinajstić information content (AvgIpc) is 3.02. The number of methoxy groups -OCH3 is 2. The Morgan fingerprint density at radius 3 is 2.83 bits per heavy atom. The van der Waals surface area contributed by atoms with Crippen LogP contribution in [-0.2, 0) is 14.3 Å². The molecule has 0 fully saturated rings. The molecule has 24 heavy (non-hydrogen) atoms. The highest BCUT2D eigenvalue weighted by atomic mass is 35.5. The van der Waals surface area contributed by atoms with Crippen LogP contribution in [0.5, 0.6) is 0 Å². The van der Waals surface area contributed by atoms with Crippen LogP contribution in [0.15, 0.2) is 35.8 Å². The van der Waals surface area contributed by atoms with Crippen molar-refractivity contribution in [3.63, 3.8) is 0 Å². The van der Waals surface area contributed by atoms with E-state index in [-0.39, 0.29) is 6.61 Å². The standard InChI is InChI=1S/C15H14Cl2N4O3/c1-23-6-11-12(14(22)24-2)13(21-15(20-11)18-7-19-21)9-4-3-8(16)5-10(9)17/h3-5,7,13H,6H2,1-2H3,(H,18,19,20). The molecule has 1 aromatic carbocycles. The number of hydrogen-bond acceptors (Lipinski definition) is 6. The number of rotatable bonds is 4. The van der Waals surface area contributed by atoms with Crippen molar-refractivity contribution in [1.29, 1.82) is 0 Å². The summed E-state index contributed by atoms with van der Waals surface area (Å²) in [7, 11) is 2.85. The van der Waals surface area contributed by atoms with Gasteiger partial charge in [-0.05, 0) is 12.1 Å². The number of fused-ring (bicyclic) bond motifs is 1. The minimum Gasteiger partial charge on any atom is -0.466 e. The molecule has 1 N–H and O–H groups in total. The maximum Gasteiger partial charge on any atom is 0.338 e. The second-order valence-corrected chi connectivity index (χ2v) is 5.88.